The summed E-state index contributed by atoms with van der Waals surface area (Å²) in [6, 6.07) is 2.22. The van der Waals surface area contributed by atoms with Gasteiger partial charge in [0.15, 0.2) is 5.82 Å². The van der Waals surface area contributed by atoms with Crippen LogP contribution >= 0.6 is 11.6 Å². The summed E-state index contributed by atoms with van der Waals surface area (Å²) in [5.74, 6) is -1.55. The Morgan fingerprint density at radius 2 is 1.80 bits per heavy atom. The van der Waals surface area contributed by atoms with Gasteiger partial charge in [-0.25, -0.2) is 13.8 Å². The third-order valence-electron chi connectivity index (χ3n) is 8.29. The lowest BCUT2D eigenvalue weighted by molar-refractivity contribution is -0.137. The van der Waals surface area contributed by atoms with Gasteiger partial charge in [-0.1, -0.05) is 11.6 Å². The van der Waals surface area contributed by atoms with Crippen LogP contribution in [-0.2, 0) is 6.18 Å². The highest BCUT2D eigenvalue weighted by atomic mass is 35.5. The maximum Gasteiger partial charge on any atom is 0.418 e. The van der Waals surface area contributed by atoms with E-state index in [2.05, 4.69) is 19.9 Å². The topological polar surface area (TPSA) is 80.4 Å². The Morgan fingerprint density at radius 1 is 1.07 bits per heavy atom. The largest absolute Gasteiger partial charge is 0.461 e. The first-order valence-corrected chi connectivity index (χ1v) is 13.9. The molecule has 2 fully saturated rings. The van der Waals surface area contributed by atoms with Crippen LogP contribution in [0.4, 0.5) is 33.6 Å². The predicted octanol–water partition coefficient (Wildman–Crippen LogP) is 6.46. The number of fused-ring (bicyclic) bond motifs is 2. The maximum atomic E-state index is 16.4. The molecule has 2 aromatic heterocycles. The summed E-state index contributed by atoms with van der Waals surface area (Å²) in [4.78, 5) is 16.7. The highest BCUT2D eigenvalue weighted by molar-refractivity contribution is 6.34. The van der Waals surface area contributed by atoms with Crippen LogP contribution in [0.5, 0.6) is 6.01 Å². The molecule has 2 saturated heterocycles. The molecule has 0 bridgehead atoms. The van der Waals surface area contributed by atoms with Crippen LogP contribution < -0.4 is 15.4 Å². The number of aryl methyl sites for hydroxylation is 1. The second-order valence-electron chi connectivity index (χ2n) is 10.9. The average molecular weight is 595 g/mol. The lowest BCUT2D eigenvalue weighted by atomic mass is 9.95. The van der Waals surface area contributed by atoms with E-state index in [4.69, 9.17) is 22.1 Å². The van der Waals surface area contributed by atoms with Crippen molar-refractivity contribution in [2.75, 3.05) is 43.4 Å². The summed E-state index contributed by atoms with van der Waals surface area (Å²) >= 11 is 6.47. The van der Waals surface area contributed by atoms with E-state index in [1.54, 1.807) is 4.90 Å². The summed E-state index contributed by atoms with van der Waals surface area (Å²) in [6.45, 7) is 3.71. The van der Waals surface area contributed by atoms with Crippen molar-refractivity contribution in [3.8, 4) is 17.3 Å². The van der Waals surface area contributed by atoms with Crippen LogP contribution in [0.1, 0.15) is 43.2 Å². The number of hydrogen-bond donors (Lipinski definition) is 1. The van der Waals surface area contributed by atoms with Gasteiger partial charge in [0.05, 0.1) is 33.9 Å². The number of pyridine rings is 1. The molecule has 13 heteroatoms. The van der Waals surface area contributed by atoms with Gasteiger partial charge in [0, 0.05) is 11.9 Å². The molecule has 2 N–H and O–H groups in total. The van der Waals surface area contributed by atoms with Gasteiger partial charge in [0.1, 0.15) is 29.6 Å². The zero-order valence-corrected chi connectivity index (χ0v) is 23.0. The van der Waals surface area contributed by atoms with Crippen molar-refractivity contribution < 1.29 is 26.7 Å². The zero-order valence-electron chi connectivity index (χ0n) is 22.3. The Morgan fingerprint density at radius 3 is 2.49 bits per heavy atom. The molecule has 0 amide bonds. The van der Waals surface area contributed by atoms with Crippen molar-refractivity contribution in [2.24, 2.45) is 0 Å². The van der Waals surface area contributed by atoms with E-state index in [1.807, 2.05) is 0 Å². The third-order valence-corrected chi connectivity index (χ3v) is 8.58. The van der Waals surface area contributed by atoms with Crippen LogP contribution in [0.2, 0.25) is 5.02 Å². The SMILES string of the molecule is Cc1cc(N)nc(-c2c(Cl)cc3c(N4CCC=C(F)C4)nc(OCC45CCCN4CCC5)nc3c2F)c1C(F)(F)F. The molecule has 0 aliphatic carbocycles. The molecule has 5 heterocycles. The second-order valence-corrected chi connectivity index (χ2v) is 11.3. The molecule has 218 valence electrons. The fourth-order valence-corrected chi connectivity index (χ4v) is 6.74. The van der Waals surface area contributed by atoms with Gasteiger partial charge in [-0.3, -0.25) is 4.90 Å². The van der Waals surface area contributed by atoms with Gasteiger partial charge in [-0.2, -0.15) is 23.1 Å². The highest BCUT2D eigenvalue weighted by Gasteiger charge is 2.45. The van der Waals surface area contributed by atoms with Gasteiger partial charge < -0.3 is 15.4 Å². The maximum absolute atomic E-state index is 16.4. The molecule has 0 radical (unpaired) electrons. The Hall–Kier alpha value is -3.25. The van der Waals surface area contributed by atoms with Crippen molar-refractivity contribution in [1.82, 2.24) is 19.9 Å². The minimum absolute atomic E-state index is 0.113. The first-order chi connectivity index (χ1) is 19.5. The van der Waals surface area contributed by atoms with Crippen LogP contribution in [-0.4, -0.2) is 58.2 Å². The Labute approximate surface area is 238 Å². The molecule has 7 nitrogen and oxygen atoms in total. The molecule has 6 rings (SSSR count). The van der Waals surface area contributed by atoms with Crippen molar-refractivity contribution in [1.29, 1.82) is 0 Å². The number of alkyl halides is 3. The van der Waals surface area contributed by atoms with Gasteiger partial charge in [0.2, 0.25) is 0 Å². The molecular formula is C28H28ClF5N6O. The number of nitrogen functional groups attached to an aromatic ring is 1. The molecule has 1 aromatic carbocycles. The second kappa shape index (κ2) is 10.2. The first kappa shape index (κ1) is 27.9. The molecule has 3 aromatic rings. The van der Waals surface area contributed by atoms with Crippen molar-refractivity contribution >= 4 is 34.1 Å². The van der Waals surface area contributed by atoms with Crippen molar-refractivity contribution in [3.05, 3.63) is 46.0 Å². The molecular weight excluding hydrogens is 567 g/mol. The summed E-state index contributed by atoms with van der Waals surface area (Å²) in [5.41, 5.74) is 2.62. The average Bonchev–Trinajstić information content (AvgIpc) is 3.47. The van der Waals surface area contributed by atoms with E-state index in [9.17, 15) is 17.6 Å². The van der Waals surface area contributed by atoms with E-state index in [1.165, 1.54) is 19.1 Å². The van der Waals surface area contributed by atoms with Gasteiger partial charge in [0.25, 0.3) is 0 Å². The van der Waals surface area contributed by atoms with E-state index < -0.39 is 28.8 Å². The normalized spacial score (nSPS) is 19.1. The summed E-state index contributed by atoms with van der Waals surface area (Å²) in [6.07, 6.45) is 0.967. The molecule has 0 spiro atoms. The summed E-state index contributed by atoms with van der Waals surface area (Å²) in [5, 5.41) is -0.218. The third kappa shape index (κ3) is 4.94. The number of ether oxygens (including phenoxy) is 1. The number of benzene rings is 1. The number of rotatable bonds is 5. The molecule has 0 atom stereocenters. The molecule has 0 saturated carbocycles. The van der Waals surface area contributed by atoms with Crippen molar-refractivity contribution in [3.63, 3.8) is 0 Å². The molecule has 3 aliphatic rings. The standard InChI is InChI=1S/C28H28ClF5N6O/c1-15-11-19(35)36-24(21(15)28(32,33)34)20-18(29)12-17-23(22(20)31)37-26(38-25(17)39-8-2-5-16(30)13-39)41-14-27-6-3-9-40(27)10-4-7-27/h5,11-12H,2-4,6-10,13-14H2,1H3,(H2,35,36). The van der Waals surface area contributed by atoms with Crippen molar-refractivity contribution in [2.45, 2.75) is 50.7 Å². The fraction of sp³-hybridized carbons (Fsp3) is 0.464. The van der Waals surface area contributed by atoms with Gasteiger partial charge in [-0.15, -0.1) is 0 Å². The minimum Gasteiger partial charge on any atom is -0.461 e. The summed E-state index contributed by atoms with van der Waals surface area (Å²) in [7, 11) is 0. The highest BCUT2D eigenvalue weighted by Crippen LogP contribution is 2.45. The van der Waals surface area contributed by atoms with Crippen LogP contribution in [0.15, 0.2) is 24.0 Å². The minimum atomic E-state index is -4.86. The van der Waals surface area contributed by atoms with Gasteiger partial charge in [-0.05, 0) is 75.9 Å². The number of nitrogens with two attached hydrogens (primary N) is 1. The Kier molecular flexibility index (Phi) is 6.96. The first-order valence-electron chi connectivity index (χ1n) is 13.5. The summed E-state index contributed by atoms with van der Waals surface area (Å²) < 4.78 is 79.2. The fourth-order valence-electron chi connectivity index (χ4n) is 6.46. The Balaban J connectivity index is 1.52. The van der Waals surface area contributed by atoms with E-state index in [0.717, 1.165) is 44.8 Å². The monoisotopic (exact) mass is 594 g/mol. The zero-order chi connectivity index (χ0) is 29.1. The molecule has 0 unspecified atom stereocenters. The quantitative estimate of drug-likeness (QED) is 0.339. The number of aromatic nitrogens is 3. The number of anilines is 2. The van der Waals surface area contributed by atoms with Crippen LogP contribution in [0.3, 0.4) is 0 Å². The number of nitrogens with zero attached hydrogens (tertiary/aromatic N) is 5. The molecule has 41 heavy (non-hydrogen) atoms. The van der Waals surface area contributed by atoms with E-state index in [-0.39, 0.29) is 63.7 Å². The smallest absolute Gasteiger partial charge is 0.418 e. The number of hydrogen-bond acceptors (Lipinski definition) is 7. The Bertz CT molecular complexity index is 1550. The predicted molar refractivity (Wildman–Crippen MR) is 146 cm³/mol. The lowest BCUT2D eigenvalue weighted by Gasteiger charge is -2.31. The lowest BCUT2D eigenvalue weighted by Crippen LogP contribution is -2.43. The van der Waals surface area contributed by atoms with Gasteiger partial charge >= 0.3 is 12.2 Å². The van der Waals surface area contributed by atoms with E-state index >= 15 is 4.39 Å². The van der Waals surface area contributed by atoms with Crippen LogP contribution in [0, 0.1) is 12.7 Å². The van der Waals surface area contributed by atoms with E-state index in [0.29, 0.717) is 13.0 Å². The number of halogens is 6. The molecule has 3 aliphatic heterocycles. The van der Waals surface area contributed by atoms with Crippen LogP contribution in [0.25, 0.3) is 22.2 Å².